The van der Waals surface area contributed by atoms with Crippen LogP contribution in [0.25, 0.3) is 0 Å². The van der Waals surface area contributed by atoms with Crippen LogP contribution in [-0.2, 0) is 26.1 Å². The molecule has 186 valence electrons. The lowest BCUT2D eigenvalue weighted by molar-refractivity contribution is -0.121. The van der Waals surface area contributed by atoms with Crippen LogP contribution in [0.2, 0.25) is 0 Å². The van der Waals surface area contributed by atoms with Gasteiger partial charge in [-0.25, -0.2) is 18.0 Å². The van der Waals surface area contributed by atoms with Gasteiger partial charge < -0.3 is 15.4 Å². The maximum Gasteiger partial charge on any atom is 0.340 e. The monoisotopic (exact) mass is 495 g/mol. The second-order valence-corrected chi connectivity index (χ2v) is 9.29. The number of sulfonamides is 1. The number of carbonyl (C=O) groups is 2. The minimum atomic E-state index is -3.66. The van der Waals surface area contributed by atoms with Crippen LogP contribution >= 0.6 is 0 Å². The van der Waals surface area contributed by atoms with Crippen molar-refractivity contribution in [1.29, 1.82) is 0 Å². The first-order valence-electron chi connectivity index (χ1n) is 10.7. The van der Waals surface area contributed by atoms with Gasteiger partial charge in [-0.1, -0.05) is 32.4 Å². The molecule has 4 N–H and O–H groups in total. The molecule has 1 aromatic heterocycles. The van der Waals surface area contributed by atoms with Gasteiger partial charge in [-0.2, -0.15) is 0 Å². The number of benzene rings is 1. The third kappa shape index (κ3) is 6.70. The molecule has 0 aliphatic carbocycles. The smallest absolute Gasteiger partial charge is 0.340 e. The number of aromatic nitrogens is 2. The number of nitrogens with one attached hydrogen (secondary N) is 2. The van der Waals surface area contributed by atoms with Gasteiger partial charge in [0.15, 0.2) is 12.3 Å². The summed E-state index contributed by atoms with van der Waals surface area (Å²) in [4.78, 5) is 53.5. The zero-order valence-electron chi connectivity index (χ0n) is 19.3. The quantitative estimate of drug-likeness (QED) is 0.385. The van der Waals surface area contributed by atoms with Crippen LogP contribution in [0.15, 0.2) is 33.9 Å². The molecule has 1 heterocycles. The van der Waals surface area contributed by atoms with Gasteiger partial charge >= 0.3 is 11.7 Å². The van der Waals surface area contributed by atoms with Gasteiger partial charge in [0.25, 0.3) is 11.5 Å². The van der Waals surface area contributed by atoms with Crippen molar-refractivity contribution in [2.45, 2.75) is 39.7 Å². The number of nitrogens with two attached hydrogens (primary N) is 1. The van der Waals surface area contributed by atoms with Crippen molar-refractivity contribution in [3.05, 3.63) is 50.7 Å². The zero-order chi connectivity index (χ0) is 25.5. The van der Waals surface area contributed by atoms with Crippen LogP contribution in [0.4, 0.5) is 17.2 Å². The lowest BCUT2D eigenvalue weighted by Gasteiger charge is -2.24. The predicted octanol–water partition coefficient (Wildman–Crippen LogP) is 0.890. The van der Waals surface area contributed by atoms with Crippen molar-refractivity contribution in [2.75, 3.05) is 34.8 Å². The molecule has 0 atom stereocenters. The number of esters is 1. The van der Waals surface area contributed by atoms with Crippen LogP contribution in [0.1, 0.15) is 43.5 Å². The van der Waals surface area contributed by atoms with Crippen LogP contribution in [0, 0.1) is 0 Å². The van der Waals surface area contributed by atoms with E-state index in [9.17, 15) is 27.6 Å². The number of H-pyrrole nitrogens is 1. The number of nitrogens with zero attached hydrogens (tertiary/aromatic N) is 2. The van der Waals surface area contributed by atoms with E-state index in [1.54, 1.807) is 0 Å². The summed E-state index contributed by atoms with van der Waals surface area (Å²) in [6.07, 6.45) is 2.72. The first-order valence-corrected chi connectivity index (χ1v) is 12.6. The highest BCUT2D eigenvalue weighted by atomic mass is 32.2. The Morgan fingerprint density at radius 3 is 2.47 bits per heavy atom. The molecular formula is C21H29N5O7S. The topological polar surface area (TPSA) is 174 Å². The third-order valence-electron chi connectivity index (χ3n) is 4.74. The van der Waals surface area contributed by atoms with Crippen molar-refractivity contribution in [2.24, 2.45) is 0 Å². The molecule has 2 rings (SSSR count). The van der Waals surface area contributed by atoms with E-state index in [0.29, 0.717) is 19.3 Å². The summed E-state index contributed by atoms with van der Waals surface area (Å²) in [5, 5.41) is 0. The number of rotatable bonds is 11. The molecule has 0 saturated carbocycles. The van der Waals surface area contributed by atoms with E-state index >= 15 is 0 Å². The summed E-state index contributed by atoms with van der Waals surface area (Å²) in [5.74, 6) is -1.82. The number of carbonyl (C=O) groups excluding carboxylic acids is 2. The molecule has 1 aromatic carbocycles. The highest BCUT2D eigenvalue weighted by Gasteiger charge is 2.25. The van der Waals surface area contributed by atoms with Crippen LogP contribution in [-0.4, -0.2) is 49.3 Å². The van der Waals surface area contributed by atoms with Gasteiger partial charge in [-0.3, -0.25) is 23.9 Å². The molecule has 0 saturated heterocycles. The molecule has 0 unspecified atom stereocenters. The molecule has 0 aliphatic rings. The summed E-state index contributed by atoms with van der Waals surface area (Å²) < 4.78 is 31.6. The normalized spacial score (nSPS) is 11.1. The minimum Gasteiger partial charge on any atom is -0.452 e. The Balaban J connectivity index is 2.32. The number of hydrogen-bond acceptors (Lipinski definition) is 8. The Morgan fingerprint density at radius 1 is 1.18 bits per heavy atom. The number of hydrogen-bond donors (Lipinski definition) is 3. The van der Waals surface area contributed by atoms with Gasteiger partial charge in [0.1, 0.15) is 5.82 Å². The molecule has 1 amide bonds. The highest BCUT2D eigenvalue weighted by molar-refractivity contribution is 7.92. The Morgan fingerprint density at radius 2 is 1.85 bits per heavy atom. The summed E-state index contributed by atoms with van der Waals surface area (Å²) in [6.45, 7) is 3.33. The van der Waals surface area contributed by atoms with E-state index in [-0.39, 0.29) is 35.8 Å². The molecule has 34 heavy (non-hydrogen) atoms. The van der Waals surface area contributed by atoms with Crippen LogP contribution in [0.5, 0.6) is 0 Å². The number of unbranched alkanes of at least 4 members (excludes halogenated alkanes) is 1. The average molecular weight is 496 g/mol. The molecule has 12 nitrogen and oxygen atoms in total. The average Bonchev–Trinajstić information content (AvgIpc) is 2.76. The molecule has 2 aromatic rings. The number of ether oxygens (including phenoxy) is 1. The molecule has 0 bridgehead atoms. The molecular weight excluding hydrogens is 466 g/mol. The third-order valence-corrected chi connectivity index (χ3v) is 5.33. The number of nitrogen functional groups attached to an aromatic ring is 1. The number of amides is 1. The molecule has 0 fully saturated rings. The largest absolute Gasteiger partial charge is 0.452 e. The fraction of sp³-hybridized carbons (Fsp3) is 0.429. The predicted molar refractivity (Wildman–Crippen MR) is 128 cm³/mol. The lowest BCUT2D eigenvalue weighted by Crippen LogP contribution is -2.43. The van der Waals surface area contributed by atoms with Gasteiger partial charge in [0.05, 0.1) is 17.5 Å². The van der Waals surface area contributed by atoms with E-state index in [4.69, 9.17) is 10.5 Å². The summed E-state index contributed by atoms with van der Waals surface area (Å²) in [7, 11) is -3.66. The molecule has 0 spiro atoms. The summed E-state index contributed by atoms with van der Waals surface area (Å²) in [6, 6.07) is 5.77. The van der Waals surface area contributed by atoms with E-state index in [0.717, 1.165) is 11.2 Å². The zero-order valence-corrected chi connectivity index (χ0v) is 20.1. The second-order valence-electron chi connectivity index (χ2n) is 7.54. The van der Waals surface area contributed by atoms with Gasteiger partial charge in [0.2, 0.25) is 10.0 Å². The first kappa shape index (κ1) is 26.6. The standard InChI is InChI=1S/C21H29N5O7S/c1-4-6-12-25(17-18(22)26(11-5-2)21(30)23-19(17)28)16(27)13-33-20(29)14-9-7-8-10-15(14)24-34(3,31)32/h7-10,24H,4-6,11-13,22H2,1-3H3,(H,23,28,30). The Bertz CT molecular complexity index is 1270. The number of aromatic amines is 1. The van der Waals surface area contributed by atoms with Crippen molar-refractivity contribution >= 4 is 39.1 Å². The number of anilines is 3. The summed E-state index contributed by atoms with van der Waals surface area (Å²) in [5.41, 5.74) is 4.29. The Hall–Kier alpha value is -3.61. The maximum absolute atomic E-state index is 13.0. The molecule has 13 heteroatoms. The van der Waals surface area contributed by atoms with Crippen molar-refractivity contribution in [3.8, 4) is 0 Å². The van der Waals surface area contributed by atoms with E-state index in [1.165, 1.54) is 28.8 Å². The SMILES string of the molecule is CCCCN(C(=O)COC(=O)c1ccccc1NS(C)(=O)=O)c1c(N)n(CCC)c(=O)[nH]c1=O. The lowest BCUT2D eigenvalue weighted by atomic mass is 10.2. The first-order chi connectivity index (χ1) is 16.0. The van der Waals surface area contributed by atoms with Crippen LogP contribution < -0.4 is 26.6 Å². The summed E-state index contributed by atoms with van der Waals surface area (Å²) >= 11 is 0. The highest BCUT2D eigenvalue weighted by Crippen LogP contribution is 2.20. The van der Waals surface area contributed by atoms with Crippen molar-refractivity contribution < 1.29 is 22.7 Å². The van der Waals surface area contributed by atoms with Crippen molar-refractivity contribution in [1.82, 2.24) is 9.55 Å². The maximum atomic E-state index is 13.0. The van der Waals surface area contributed by atoms with Gasteiger partial charge in [-0.15, -0.1) is 0 Å². The fourth-order valence-electron chi connectivity index (χ4n) is 3.19. The number of para-hydroxylation sites is 1. The molecule has 0 radical (unpaired) electrons. The van der Waals surface area contributed by atoms with E-state index < -0.39 is 39.8 Å². The fourth-order valence-corrected chi connectivity index (χ4v) is 3.77. The second kappa shape index (κ2) is 11.5. The van der Waals surface area contributed by atoms with Crippen molar-refractivity contribution in [3.63, 3.8) is 0 Å². The van der Waals surface area contributed by atoms with E-state index in [1.807, 2.05) is 13.8 Å². The van der Waals surface area contributed by atoms with Gasteiger partial charge in [0, 0.05) is 13.1 Å². The molecule has 0 aliphatic heterocycles. The van der Waals surface area contributed by atoms with Crippen LogP contribution in [0.3, 0.4) is 0 Å². The Kier molecular flexibility index (Phi) is 9.01. The Labute approximate surface area is 196 Å². The van der Waals surface area contributed by atoms with E-state index in [2.05, 4.69) is 9.71 Å². The minimum absolute atomic E-state index is 0.00220. The van der Waals surface area contributed by atoms with Gasteiger partial charge in [-0.05, 0) is 25.0 Å².